The Morgan fingerprint density at radius 3 is 2.46 bits per heavy atom. The van der Waals surface area contributed by atoms with E-state index < -0.39 is 23.8 Å². The van der Waals surface area contributed by atoms with Crippen molar-refractivity contribution in [1.82, 2.24) is 5.32 Å². The molecule has 0 aromatic heterocycles. The van der Waals surface area contributed by atoms with Crippen LogP contribution in [-0.2, 0) is 15.8 Å². The number of carbonyl (C=O) groups excluding carboxylic acids is 2. The van der Waals surface area contributed by atoms with E-state index >= 15 is 0 Å². The van der Waals surface area contributed by atoms with Crippen LogP contribution in [0, 0.1) is 0 Å². The summed E-state index contributed by atoms with van der Waals surface area (Å²) >= 11 is 0. The number of nitrogens with zero attached hydrogens (tertiary/aromatic N) is 1. The van der Waals surface area contributed by atoms with Crippen molar-refractivity contribution in [1.29, 1.82) is 0 Å². The highest BCUT2D eigenvalue weighted by molar-refractivity contribution is 6.05. The maximum absolute atomic E-state index is 12.7. The molecule has 2 aromatic carbocycles. The largest absolute Gasteiger partial charge is 0.477 e. The highest BCUT2D eigenvalue weighted by Crippen LogP contribution is 2.33. The molecule has 28 heavy (non-hydrogen) atoms. The smallest absolute Gasteiger partial charge is 0.416 e. The van der Waals surface area contributed by atoms with Gasteiger partial charge in [0, 0.05) is 13.1 Å². The number of ether oxygens (including phenoxy) is 1. The lowest BCUT2D eigenvalue weighted by Gasteiger charge is -2.33. The Balaban J connectivity index is 1.81. The number of amides is 2. The van der Waals surface area contributed by atoms with Crippen LogP contribution in [-0.4, -0.2) is 31.5 Å². The van der Waals surface area contributed by atoms with Gasteiger partial charge in [-0.25, -0.2) is 0 Å². The molecule has 8 heteroatoms. The van der Waals surface area contributed by atoms with Crippen molar-refractivity contribution in [2.75, 3.05) is 18.5 Å². The Morgan fingerprint density at radius 2 is 1.82 bits per heavy atom. The van der Waals surface area contributed by atoms with Crippen LogP contribution in [0.5, 0.6) is 5.75 Å². The molecule has 1 atom stereocenters. The normalized spacial score (nSPS) is 16.4. The third-order valence-electron chi connectivity index (χ3n) is 4.23. The van der Waals surface area contributed by atoms with Crippen LogP contribution >= 0.6 is 0 Å². The summed E-state index contributed by atoms with van der Waals surface area (Å²) in [4.78, 5) is 26.0. The summed E-state index contributed by atoms with van der Waals surface area (Å²) in [6.45, 7) is 0.0207. The van der Waals surface area contributed by atoms with Crippen LogP contribution in [0.4, 0.5) is 18.9 Å². The lowest BCUT2D eigenvalue weighted by molar-refractivity contribution is -0.137. The number of hydrogen-bond donors (Lipinski definition) is 1. The number of rotatable bonds is 3. The van der Waals surface area contributed by atoms with Gasteiger partial charge in [0.2, 0.25) is 0 Å². The predicted octanol–water partition coefficient (Wildman–Crippen LogP) is 3.26. The van der Waals surface area contributed by atoms with E-state index in [4.69, 9.17) is 4.74 Å². The number of alkyl halides is 3. The first-order valence-electron chi connectivity index (χ1n) is 8.43. The van der Waals surface area contributed by atoms with Gasteiger partial charge in [-0.15, -0.1) is 0 Å². The Hall–Kier alpha value is -3.29. The summed E-state index contributed by atoms with van der Waals surface area (Å²) in [5.74, 6) is -0.373. The number of likely N-dealkylation sites (N-methyl/N-ethyl adjacent to an activating group) is 1. The molecule has 0 saturated heterocycles. The van der Waals surface area contributed by atoms with Crippen molar-refractivity contribution in [2.24, 2.45) is 0 Å². The number of hydrogen-bond acceptors (Lipinski definition) is 3. The minimum Gasteiger partial charge on any atom is -0.477 e. The zero-order chi connectivity index (χ0) is 20.3. The molecule has 1 heterocycles. The molecule has 0 saturated carbocycles. The minimum atomic E-state index is -4.41. The first kappa shape index (κ1) is 19.5. The molecule has 0 spiro atoms. The second-order valence-corrected chi connectivity index (χ2v) is 6.09. The van der Waals surface area contributed by atoms with E-state index in [1.54, 1.807) is 24.3 Å². The summed E-state index contributed by atoms with van der Waals surface area (Å²) in [6, 6.07) is 11.3. The van der Waals surface area contributed by atoms with E-state index in [2.05, 4.69) is 5.32 Å². The number of halogens is 3. The van der Waals surface area contributed by atoms with Gasteiger partial charge >= 0.3 is 6.18 Å². The van der Waals surface area contributed by atoms with Gasteiger partial charge in [0.25, 0.3) is 11.8 Å². The summed E-state index contributed by atoms with van der Waals surface area (Å²) in [7, 11) is 1.48. The van der Waals surface area contributed by atoms with Crippen molar-refractivity contribution in [3.63, 3.8) is 0 Å². The molecule has 1 aliphatic heterocycles. The molecule has 0 bridgehead atoms. The van der Waals surface area contributed by atoms with Gasteiger partial charge in [-0.1, -0.05) is 24.3 Å². The zero-order valence-electron chi connectivity index (χ0n) is 14.9. The van der Waals surface area contributed by atoms with E-state index in [0.29, 0.717) is 17.0 Å². The summed E-state index contributed by atoms with van der Waals surface area (Å²) < 4.78 is 43.5. The van der Waals surface area contributed by atoms with E-state index in [1.807, 2.05) is 0 Å². The Labute approximate surface area is 159 Å². The summed E-state index contributed by atoms with van der Waals surface area (Å²) in [6.07, 6.45) is -2.59. The second kappa shape index (κ2) is 7.75. The van der Waals surface area contributed by atoms with Crippen LogP contribution in [0.15, 0.2) is 54.6 Å². The third kappa shape index (κ3) is 4.16. The van der Waals surface area contributed by atoms with Gasteiger partial charge in [0.05, 0.1) is 17.8 Å². The molecule has 0 radical (unpaired) electrons. The van der Waals surface area contributed by atoms with Crippen LogP contribution in [0.25, 0.3) is 6.08 Å². The first-order valence-corrected chi connectivity index (χ1v) is 8.43. The molecule has 1 aliphatic rings. The van der Waals surface area contributed by atoms with Crippen LogP contribution in [0.3, 0.4) is 0 Å². The molecule has 3 rings (SSSR count). The van der Waals surface area contributed by atoms with E-state index in [0.717, 1.165) is 12.1 Å². The Kier molecular flexibility index (Phi) is 5.39. The number of benzene rings is 2. The second-order valence-electron chi connectivity index (χ2n) is 6.09. The van der Waals surface area contributed by atoms with Crippen molar-refractivity contribution >= 4 is 23.6 Å². The van der Waals surface area contributed by atoms with Crippen LogP contribution < -0.4 is 15.0 Å². The molecular formula is C20H17F3N2O3. The Morgan fingerprint density at radius 1 is 1.14 bits per heavy atom. The van der Waals surface area contributed by atoms with Crippen molar-refractivity contribution in [2.45, 2.75) is 12.3 Å². The minimum absolute atomic E-state index is 0.0207. The zero-order valence-corrected chi connectivity index (χ0v) is 14.9. The van der Waals surface area contributed by atoms with Crippen molar-refractivity contribution < 1.29 is 27.5 Å². The fourth-order valence-corrected chi connectivity index (χ4v) is 2.78. The fourth-order valence-electron chi connectivity index (χ4n) is 2.78. The van der Waals surface area contributed by atoms with Crippen LogP contribution in [0.2, 0.25) is 0 Å². The number of nitrogens with one attached hydrogen (secondary N) is 1. The number of fused-ring (bicyclic) bond motifs is 1. The standard InChI is InChI=1S/C20H17F3N2O3/c1-24-19(27)17-12-25(15-4-2-3-5-16(15)28-17)18(26)11-8-13-6-9-14(10-7-13)20(21,22)23/h2-11,17H,12H2,1H3,(H,24,27)/b11-8+. The summed E-state index contributed by atoms with van der Waals surface area (Å²) in [5.41, 5.74) is 0.210. The average molecular weight is 390 g/mol. The molecule has 0 aliphatic carbocycles. The van der Waals surface area contributed by atoms with Gasteiger partial charge in [-0.3, -0.25) is 9.59 Å². The molecule has 0 fully saturated rings. The maximum atomic E-state index is 12.7. The van der Waals surface area contributed by atoms with Gasteiger partial charge in [0.15, 0.2) is 6.10 Å². The van der Waals surface area contributed by atoms with Gasteiger partial charge in [-0.2, -0.15) is 13.2 Å². The van der Waals surface area contributed by atoms with Crippen molar-refractivity contribution in [3.05, 3.63) is 65.7 Å². The Bertz CT molecular complexity index is 908. The number of para-hydroxylation sites is 2. The molecule has 5 nitrogen and oxygen atoms in total. The maximum Gasteiger partial charge on any atom is 0.416 e. The first-order chi connectivity index (χ1) is 13.3. The highest BCUT2D eigenvalue weighted by atomic mass is 19.4. The summed E-state index contributed by atoms with van der Waals surface area (Å²) in [5, 5.41) is 2.49. The monoisotopic (exact) mass is 390 g/mol. The lowest BCUT2D eigenvalue weighted by Crippen LogP contribution is -2.49. The third-order valence-corrected chi connectivity index (χ3v) is 4.23. The molecule has 1 N–H and O–H groups in total. The SMILES string of the molecule is CNC(=O)C1CN(C(=O)/C=C/c2ccc(C(F)(F)F)cc2)c2ccccc2O1. The quantitative estimate of drug-likeness (QED) is 0.819. The fraction of sp³-hybridized carbons (Fsp3) is 0.200. The van der Waals surface area contributed by atoms with Gasteiger partial charge in [0.1, 0.15) is 5.75 Å². The van der Waals surface area contributed by atoms with Crippen LogP contribution in [0.1, 0.15) is 11.1 Å². The molecule has 146 valence electrons. The van der Waals surface area contributed by atoms with E-state index in [1.165, 1.54) is 36.2 Å². The number of carbonyl (C=O) groups is 2. The molecular weight excluding hydrogens is 373 g/mol. The average Bonchev–Trinajstić information content (AvgIpc) is 2.70. The number of anilines is 1. The lowest BCUT2D eigenvalue weighted by atomic mass is 10.1. The van der Waals surface area contributed by atoms with Crippen molar-refractivity contribution in [3.8, 4) is 5.75 Å². The molecule has 2 aromatic rings. The van der Waals surface area contributed by atoms with Gasteiger partial charge < -0.3 is 15.0 Å². The predicted molar refractivity (Wildman–Crippen MR) is 97.8 cm³/mol. The molecule has 2 amide bonds. The highest BCUT2D eigenvalue weighted by Gasteiger charge is 2.32. The van der Waals surface area contributed by atoms with E-state index in [9.17, 15) is 22.8 Å². The topological polar surface area (TPSA) is 58.6 Å². The van der Waals surface area contributed by atoms with Gasteiger partial charge in [-0.05, 0) is 35.9 Å². The molecule has 1 unspecified atom stereocenters. The van der Waals surface area contributed by atoms with E-state index in [-0.39, 0.29) is 12.5 Å².